The topological polar surface area (TPSA) is 111 Å². The maximum atomic E-state index is 12.2. The highest BCUT2D eigenvalue weighted by molar-refractivity contribution is 5.92. The van der Waals surface area contributed by atoms with Crippen LogP contribution in [0.2, 0.25) is 0 Å². The monoisotopic (exact) mass is 302 g/mol. The van der Waals surface area contributed by atoms with E-state index < -0.39 is 5.69 Å². The molecular formula is C15H18N4O3. The Hall–Kier alpha value is -2.41. The van der Waals surface area contributed by atoms with E-state index >= 15 is 0 Å². The molecule has 3 rings (SSSR count). The average Bonchev–Trinajstić information content (AvgIpc) is 2.91. The molecule has 1 unspecified atom stereocenters. The molecule has 2 aromatic heterocycles. The van der Waals surface area contributed by atoms with Gasteiger partial charge in [-0.2, -0.15) is 0 Å². The standard InChI is InChI=1S/C15H18N4O3/c20-11-6-10(7-11)12(5-9-1-3-16-4-2-9)18-14(21)13-8-17-15(22)19-13/h1-4,8,10-12,20H,5-7H2,(H,18,21)(H2,17,19,22). The number of nitrogens with zero attached hydrogens (tertiary/aromatic N) is 1. The molecule has 1 amide bonds. The molecule has 1 fully saturated rings. The number of hydrogen-bond acceptors (Lipinski definition) is 4. The molecule has 0 spiro atoms. The van der Waals surface area contributed by atoms with Crippen LogP contribution in [0.3, 0.4) is 0 Å². The van der Waals surface area contributed by atoms with Crippen LogP contribution in [0.1, 0.15) is 28.9 Å². The molecule has 116 valence electrons. The van der Waals surface area contributed by atoms with Gasteiger partial charge in [-0.3, -0.25) is 9.78 Å². The maximum absolute atomic E-state index is 12.2. The van der Waals surface area contributed by atoms with Crippen LogP contribution in [0, 0.1) is 5.92 Å². The number of imidazole rings is 1. The minimum absolute atomic E-state index is 0.0864. The van der Waals surface area contributed by atoms with E-state index in [0.29, 0.717) is 19.3 Å². The molecule has 7 heteroatoms. The van der Waals surface area contributed by atoms with Gasteiger partial charge in [0.1, 0.15) is 5.69 Å². The summed E-state index contributed by atoms with van der Waals surface area (Å²) in [4.78, 5) is 32.1. The van der Waals surface area contributed by atoms with Gasteiger partial charge in [-0.25, -0.2) is 4.79 Å². The molecule has 1 aliphatic carbocycles. The average molecular weight is 302 g/mol. The van der Waals surface area contributed by atoms with E-state index in [9.17, 15) is 14.7 Å². The number of rotatable bonds is 5. The fourth-order valence-electron chi connectivity index (χ4n) is 2.77. The van der Waals surface area contributed by atoms with Gasteiger partial charge in [0.15, 0.2) is 0 Å². The molecule has 0 aliphatic heterocycles. The van der Waals surface area contributed by atoms with Gasteiger partial charge in [-0.1, -0.05) is 0 Å². The Balaban J connectivity index is 1.71. The predicted molar refractivity (Wildman–Crippen MR) is 79.3 cm³/mol. The van der Waals surface area contributed by atoms with Gasteiger partial charge in [-0.05, 0) is 42.9 Å². The molecule has 1 aliphatic rings. The lowest BCUT2D eigenvalue weighted by atomic mass is 9.75. The summed E-state index contributed by atoms with van der Waals surface area (Å²) < 4.78 is 0. The molecule has 22 heavy (non-hydrogen) atoms. The summed E-state index contributed by atoms with van der Waals surface area (Å²) in [6.45, 7) is 0. The summed E-state index contributed by atoms with van der Waals surface area (Å²) in [5, 5.41) is 12.5. The lowest BCUT2D eigenvalue weighted by Crippen LogP contribution is -2.48. The quantitative estimate of drug-likeness (QED) is 0.632. The van der Waals surface area contributed by atoms with Crippen molar-refractivity contribution in [2.45, 2.75) is 31.4 Å². The summed E-state index contributed by atoms with van der Waals surface area (Å²) in [6.07, 6.45) is 6.53. The molecule has 0 aromatic carbocycles. The Morgan fingerprint density at radius 2 is 2.14 bits per heavy atom. The van der Waals surface area contributed by atoms with Crippen molar-refractivity contribution in [2.75, 3.05) is 0 Å². The Labute approximate surface area is 126 Å². The third kappa shape index (κ3) is 3.25. The second-order valence-corrected chi connectivity index (χ2v) is 5.68. The van der Waals surface area contributed by atoms with E-state index in [4.69, 9.17) is 0 Å². The van der Waals surface area contributed by atoms with Crippen molar-refractivity contribution in [3.05, 3.63) is 52.5 Å². The summed E-state index contributed by atoms with van der Waals surface area (Å²) in [5.41, 5.74) is 0.878. The highest BCUT2D eigenvalue weighted by Gasteiger charge is 2.35. The third-order valence-corrected chi connectivity index (χ3v) is 4.08. The summed E-state index contributed by atoms with van der Waals surface area (Å²) in [5.74, 6) is -0.0865. The number of aromatic nitrogens is 3. The summed E-state index contributed by atoms with van der Waals surface area (Å²) >= 11 is 0. The number of carbonyl (C=O) groups excluding carboxylic acids is 1. The molecule has 2 heterocycles. The zero-order chi connectivity index (χ0) is 15.5. The first kappa shape index (κ1) is 14.5. The highest BCUT2D eigenvalue weighted by Crippen LogP contribution is 2.31. The van der Waals surface area contributed by atoms with Crippen molar-refractivity contribution >= 4 is 5.91 Å². The number of aromatic amines is 2. The largest absolute Gasteiger partial charge is 0.393 e. The lowest BCUT2D eigenvalue weighted by molar-refractivity contribution is 0.0239. The SMILES string of the molecule is O=C(NC(Cc1ccncc1)C1CC(O)C1)c1c[nH]c(=O)[nH]1. The fraction of sp³-hybridized carbons (Fsp3) is 0.400. The van der Waals surface area contributed by atoms with E-state index in [2.05, 4.69) is 20.3 Å². The molecular weight excluding hydrogens is 284 g/mol. The fourth-order valence-corrected chi connectivity index (χ4v) is 2.77. The first-order valence-corrected chi connectivity index (χ1v) is 7.27. The van der Waals surface area contributed by atoms with E-state index in [-0.39, 0.29) is 29.7 Å². The summed E-state index contributed by atoms with van der Waals surface area (Å²) in [6, 6.07) is 3.73. The third-order valence-electron chi connectivity index (χ3n) is 4.08. The van der Waals surface area contributed by atoms with Crippen molar-refractivity contribution in [3.8, 4) is 0 Å². The van der Waals surface area contributed by atoms with Gasteiger partial charge < -0.3 is 20.4 Å². The minimum Gasteiger partial charge on any atom is -0.393 e. The first-order chi connectivity index (χ1) is 10.6. The molecule has 1 saturated carbocycles. The van der Waals surface area contributed by atoms with E-state index in [1.54, 1.807) is 12.4 Å². The maximum Gasteiger partial charge on any atom is 0.323 e. The van der Waals surface area contributed by atoms with Crippen LogP contribution < -0.4 is 11.0 Å². The zero-order valence-corrected chi connectivity index (χ0v) is 12.0. The number of nitrogens with one attached hydrogen (secondary N) is 3. The van der Waals surface area contributed by atoms with E-state index in [1.165, 1.54) is 6.20 Å². The van der Waals surface area contributed by atoms with Gasteiger partial charge in [0, 0.05) is 24.6 Å². The molecule has 7 nitrogen and oxygen atoms in total. The van der Waals surface area contributed by atoms with Crippen molar-refractivity contribution in [1.29, 1.82) is 0 Å². The van der Waals surface area contributed by atoms with Crippen LogP contribution in [0.25, 0.3) is 0 Å². The number of hydrogen-bond donors (Lipinski definition) is 4. The number of pyridine rings is 1. The van der Waals surface area contributed by atoms with Crippen molar-refractivity contribution in [2.24, 2.45) is 5.92 Å². The van der Waals surface area contributed by atoms with Gasteiger partial charge in [0.05, 0.1) is 6.10 Å². The van der Waals surface area contributed by atoms with Crippen LogP contribution >= 0.6 is 0 Å². The number of aliphatic hydroxyl groups is 1. The van der Waals surface area contributed by atoms with Crippen LogP contribution in [-0.2, 0) is 6.42 Å². The Morgan fingerprint density at radius 3 is 2.73 bits per heavy atom. The molecule has 0 bridgehead atoms. The lowest BCUT2D eigenvalue weighted by Gasteiger charge is -2.38. The van der Waals surface area contributed by atoms with Gasteiger partial charge in [0.25, 0.3) is 5.91 Å². The van der Waals surface area contributed by atoms with Crippen LogP contribution in [0.4, 0.5) is 0 Å². The zero-order valence-electron chi connectivity index (χ0n) is 12.0. The summed E-state index contributed by atoms with van der Waals surface area (Å²) in [7, 11) is 0. The predicted octanol–water partition coefficient (Wildman–Crippen LogP) is 0.210. The number of H-pyrrole nitrogens is 2. The van der Waals surface area contributed by atoms with E-state index in [1.807, 2.05) is 12.1 Å². The van der Waals surface area contributed by atoms with Crippen molar-refractivity contribution in [1.82, 2.24) is 20.3 Å². The number of carbonyl (C=O) groups is 1. The Morgan fingerprint density at radius 1 is 1.41 bits per heavy atom. The van der Waals surface area contributed by atoms with Crippen molar-refractivity contribution in [3.63, 3.8) is 0 Å². The second kappa shape index (κ2) is 6.15. The normalized spacial score (nSPS) is 21.9. The molecule has 0 saturated heterocycles. The van der Waals surface area contributed by atoms with Crippen LogP contribution in [-0.4, -0.2) is 38.1 Å². The van der Waals surface area contributed by atoms with Crippen molar-refractivity contribution < 1.29 is 9.90 Å². The van der Waals surface area contributed by atoms with E-state index in [0.717, 1.165) is 5.56 Å². The van der Waals surface area contributed by atoms with Gasteiger partial charge in [0.2, 0.25) is 0 Å². The minimum atomic E-state index is -0.407. The Kier molecular flexibility index (Phi) is 4.06. The number of amides is 1. The number of aliphatic hydroxyl groups excluding tert-OH is 1. The van der Waals surface area contributed by atoms with Crippen LogP contribution in [0.15, 0.2) is 35.5 Å². The molecule has 4 N–H and O–H groups in total. The highest BCUT2D eigenvalue weighted by atomic mass is 16.3. The second-order valence-electron chi connectivity index (χ2n) is 5.68. The van der Waals surface area contributed by atoms with Gasteiger partial charge >= 0.3 is 5.69 Å². The smallest absolute Gasteiger partial charge is 0.323 e. The molecule has 1 atom stereocenters. The first-order valence-electron chi connectivity index (χ1n) is 7.27. The van der Waals surface area contributed by atoms with Crippen LogP contribution in [0.5, 0.6) is 0 Å². The van der Waals surface area contributed by atoms with Gasteiger partial charge in [-0.15, -0.1) is 0 Å². The molecule has 2 aromatic rings. The molecule has 0 radical (unpaired) electrons. The Bertz CT molecular complexity index is 688.